The number of rotatable bonds is 4. The van der Waals surface area contributed by atoms with Gasteiger partial charge in [0.15, 0.2) is 23.2 Å². The van der Waals surface area contributed by atoms with Crippen LogP contribution in [-0.4, -0.2) is 56.4 Å². The van der Waals surface area contributed by atoms with E-state index in [0.717, 1.165) is 16.9 Å². The molecular weight excluding hydrogens is 447 g/mol. The molecule has 0 saturated carbocycles. The molecule has 4 aromatic rings. The Morgan fingerprint density at radius 1 is 1.00 bits per heavy atom. The first kappa shape index (κ1) is 20.7. The van der Waals surface area contributed by atoms with Gasteiger partial charge in [0.2, 0.25) is 0 Å². The molecule has 2 aromatic heterocycles. The maximum absolute atomic E-state index is 14.6. The van der Waals surface area contributed by atoms with Crippen molar-refractivity contribution in [3.63, 3.8) is 0 Å². The fraction of sp³-hybridized carbons (Fsp3) is 0.261. The number of para-hydroxylation sites is 1. The van der Waals surface area contributed by atoms with Crippen molar-refractivity contribution in [3.05, 3.63) is 71.9 Å². The van der Waals surface area contributed by atoms with Crippen molar-refractivity contribution < 1.29 is 18.0 Å². The van der Waals surface area contributed by atoms with Gasteiger partial charge in [-0.1, -0.05) is 6.07 Å². The Morgan fingerprint density at radius 3 is 2.56 bits per heavy atom. The van der Waals surface area contributed by atoms with Gasteiger partial charge in [-0.05, 0) is 18.1 Å². The smallest absolute Gasteiger partial charge is 0.182 e. The Balaban J connectivity index is 1.28. The molecular formula is C23H18F3N7O. The predicted octanol–water partition coefficient (Wildman–Crippen LogP) is 2.53. The van der Waals surface area contributed by atoms with Crippen LogP contribution in [0.4, 0.5) is 19.0 Å². The van der Waals surface area contributed by atoms with E-state index in [9.17, 15) is 18.0 Å². The third kappa shape index (κ3) is 3.31. The van der Waals surface area contributed by atoms with Gasteiger partial charge in [-0.15, -0.1) is 4.80 Å². The topological polar surface area (TPSA) is 88.8 Å². The Kier molecular flexibility index (Phi) is 4.80. The van der Waals surface area contributed by atoms with E-state index >= 15 is 0 Å². The molecule has 0 amide bonds. The lowest BCUT2D eigenvalue weighted by Gasteiger charge is -2.22. The fourth-order valence-corrected chi connectivity index (χ4v) is 4.96. The summed E-state index contributed by atoms with van der Waals surface area (Å²) in [5.41, 5.74) is 0.751. The summed E-state index contributed by atoms with van der Waals surface area (Å²) in [5, 5.41) is 11.3. The third-order valence-electron chi connectivity index (χ3n) is 6.57. The molecule has 6 rings (SSSR count). The maximum Gasteiger partial charge on any atom is 0.182 e. The summed E-state index contributed by atoms with van der Waals surface area (Å²) in [6.45, 7) is 1.76. The average Bonchev–Trinajstić information content (AvgIpc) is 3.57. The van der Waals surface area contributed by atoms with Gasteiger partial charge in [0.1, 0.15) is 11.5 Å². The van der Waals surface area contributed by atoms with Crippen molar-refractivity contribution in [1.82, 2.24) is 30.3 Å². The summed E-state index contributed by atoms with van der Waals surface area (Å²) < 4.78 is 41.8. The lowest BCUT2D eigenvalue weighted by atomic mass is 9.89. The Morgan fingerprint density at radius 2 is 1.76 bits per heavy atom. The molecule has 4 heterocycles. The van der Waals surface area contributed by atoms with Crippen molar-refractivity contribution >= 4 is 22.6 Å². The van der Waals surface area contributed by atoms with E-state index in [1.165, 1.54) is 30.7 Å². The minimum absolute atomic E-state index is 0.0206. The second-order valence-corrected chi connectivity index (χ2v) is 8.52. The largest absolute Gasteiger partial charge is 0.355 e. The molecule has 3 unspecified atom stereocenters. The lowest BCUT2D eigenvalue weighted by Crippen LogP contribution is -2.39. The zero-order valence-electron chi connectivity index (χ0n) is 17.7. The van der Waals surface area contributed by atoms with Crippen LogP contribution in [0, 0.1) is 29.3 Å². The number of Topliss-reactive ketones (excluding diaryl/α,β-unsaturated/α-hetero) is 1. The first-order valence-corrected chi connectivity index (χ1v) is 10.8. The normalized spacial score (nSPS) is 21.9. The second-order valence-electron chi connectivity index (χ2n) is 8.52. The second kappa shape index (κ2) is 7.87. The molecule has 3 atom stereocenters. The van der Waals surface area contributed by atoms with Gasteiger partial charge < -0.3 is 10.2 Å². The van der Waals surface area contributed by atoms with Crippen LogP contribution in [0.5, 0.6) is 0 Å². The van der Waals surface area contributed by atoms with Crippen molar-refractivity contribution in [1.29, 1.82) is 0 Å². The molecule has 0 aliphatic carbocycles. The molecule has 8 nitrogen and oxygen atoms in total. The first-order chi connectivity index (χ1) is 16.5. The predicted molar refractivity (Wildman–Crippen MR) is 116 cm³/mol. The molecule has 2 saturated heterocycles. The SMILES string of the molecule is O=C(c1cccc(F)c1-n1nccn1)C1NCC2CN(c3cnc4cc(F)c(F)cc4n3)CC21. The molecule has 11 heteroatoms. The number of hydrogen-bond acceptors (Lipinski definition) is 7. The lowest BCUT2D eigenvalue weighted by molar-refractivity contribution is 0.0930. The monoisotopic (exact) mass is 465 g/mol. The number of halogens is 3. The number of carbonyl (C=O) groups excluding carboxylic acids is 1. The molecule has 2 aliphatic heterocycles. The highest BCUT2D eigenvalue weighted by Gasteiger charge is 2.46. The van der Waals surface area contributed by atoms with Crippen LogP contribution in [0.2, 0.25) is 0 Å². The van der Waals surface area contributed by atoms with Crippen molar-refractivity contribution in [2.24, 2.45) is 11.8 Å². The number of nitrogens with one attached hydrogen (secondary N) is 1. The van der Waals surface area contributed by atoms with Crippen LogP contribution in [0.15, 0.2) is 48.9 Å². The van der Waals surface area contributed by atoms with Gasteiger partial charge in [-0.2, -0.15) is 10.2 Å². The van der Waals surface area contributed by atoms with Gasteiger partial charge in [0.25, 0.3) is 0 Å². The zero-order chi connectivity index (χ0) is 23.4. The van der Waals surface area contributed by atoms with E-state index in [1.54, 1.807) is 6.07 Å². The van der Waals surface area contributed by atoms with Crippen LogP contribution in [-0.2, 0) is 0 Å². The van der Waals surface area contributed by atoms with Crippen LogP contribution in [0.1, 0.15) is 10.4 Å². The fourth-order valence-electron chi connectivity index (χ4n) is 4.96. The molecule has 2 aliphatic rings. The standard InChI is InChI=1S/C23H18F3N7O/c24-15-3-1-2-13(22(15)33-29-4-5-30-33)23(34)21-14-11-32(10-12(14)8-28-21)20-9-27-18-6-16(25)17(26)7-19(18)31-20/h1-7,9,12,14,21,28H,8,10-11H2. The molecule has 172 valence electrons. The van der Waals surface area contributed by atoms with E-state index in [4.69, 9.17) is 0 Å². The number of hydrogen-bond donors (Lipinski definition) is 1. The Labute approximate surface area is 191 Å². The minimum atomic E-state index is -0.982. The summed E-state index contributed by atoms with van der Waals surface area (Å²) in [5.74, 6) is -2.12. The van der Waals surface area contributed by atoms with Gasteiger partial charge in [0, 0.05) is 43.2 Å². The van der Waals surface area contributed by atoms with Gasteiger partial charge in [-0.25, -0.2) is 18.2 Å². The third-order valence-corrected chi connectivity index (χ3v) is 6.57. The quantitative estimate of drug-likeness (QED) is 0.464. The molecule has 0 spiro atoms. The Bertz CT molecular complexity index is 1410. The van der Waals surface area contributed by atoms with Gasteiger partial charge in [0.05, 0.1) is 35.7 Å². The molecule has 2 fully saturated rings. The average molecular weight is 465 g/mol. The van der Waals surface area contributed by atoms with Crippen LogP contribution < -0.4 is 10.2 Å². The van der Waals surface area contributed by atoms with E-state index < -0.39 is 23.5 Å². The highest BCUT2D eigenvalue weighted by atomic mass is 19.2. The number of fused-ring (bicyclic) bond motifs is 2. The van der Waals surface area contributed by atoms with Crippen molar-refractivity contribution in [2.75, 3.05) is 24.5 Å². The number of aromatic nitrogens is 5. The summed E-state index contributed by atoms with van der Waals surface area (Å²) >= 11 is 0. The van der Waals surface area contributed by atoms with Crippen molar-refractivity contribution in [2.45, 2.75) is 6.04 Å². The molecule has 2 aromatic carbocycles. The van der Waals surface area contributed by atoms with Gasteiger partial charge >= 0.3 is 0 Å². The summed E-state index contributed by atoms with van der Waals surface area (Å²) in [6, 6.07) is 5.87. The molecule has 34 heavy (non-hydrogen) atoms. The van der Waals surface area contributed by atoms with E-state index in [-0.39, 0.29) is 39.9 Å². The van der Waals surface area contributed by atoms with E-state index in [1.807, 2.05) is 4.90 Å². The van der Waals surface area contributed by atoms with Crippen LogP contribution in [0.25, 0.3) is 16.7 Å². The minimum Gasteiger partial charge on any atom is -0.355 e. The zero-order valence-corrected chi connectivity index (χ0v) is 17.7. The number of anilines is 1. The number of carbonyl (C=O) groups is 1. The van der Waals surface area contributed by atoms with Crippen LogP contribution >= 0.6 is 0 Å². The Hall–Kier alpha value is -3.86. The highest BCUT2D eigenvalue weighted by molar-refractivity contribution is 6.03. The molecule has 0 radical (unpaired) electrons. The van der Waals surface area contributed by atoms with Crippen molar-refractivity contribution in [3.8, 4) is 5.69 Å². The van der Waals surface area contributed by atoms with Crippen LogP contribution in [0.3, 0.4) is 0 Å². The molecule has 0 bridgehead atoms. The maximum atomic E-state index is 14.6. The first-order valence-electron chi connectivity index (χ1n) is 10.8. The summed E-state index contributed by atoms with van der Waals surface area (Å²) in [4.78, 5) is 25.3. The molecule has 1 N–H and O–H groups in total. The number of benzene rings is 2. The van der Waals surface area contributed by atoms with E-state index in [2.05, 4.69) is 25.5 Å². The summed E-state index contributed by atoms with van der Waals surface area (Å²) in [7, 11) is 0. The highest BCUT2D eigenvalue weighted by Crippen LogP contribution is 2.35. The number of ketones is 1. The van der Waals surface area contributed by atoms with E-state index in [0.29, 0.717) is 25.5 Å². The number of nitrogens with zero attached hydrogens (tertiary/aromatic N) is 6. The van der Waals surface area contributed by atoms with Gasteiger partial charge in [-0.3, -0.25) is 9.78 Å². The summed E-state index contributed by atoms with van der Waals surface area (Å²) in [6.07, 6.45) is 4.37.